The number of aryl methyl sites for hydroxylation is 1. The molecule has 0 saturated heterocycles. The summed E-state index contributed by atoms with van der Waals surface area (Å²) < 4.78 is 8.31. The first-order valence-electron chi connectivity index (χ1n) is 16.7. The van der Waals surface area contributed by atoms with E-state index in [1.54, 1.807) is 0 Å². The van der Waals surface area contributed by atoms with Crippen LogP contribution in [0.4, 0.5) is 0 Å². The van der Waals surface area contributed by atoms with Crippen LogP contribution in [0.2, 0.25) is 0 Å². The van der Waals surface area contributed by atoms with Crippen molar-refractivity contribution in [3.8, 4) is 22.3 Å². The first-order chi connectivity index (χ1) is 23.8. The molecule has 3 aromatic heterocycles. The molecule has 0 bridgehead atoms. The summed E-state index contributed by atoms with van der Waals surface area (Å²) >= 11 is 5.81. The molecule has 0 aliphatic heterocycles. The molecule has 3 heterocycles. The van der Waals surface area contributed by atoms with Gasteiger partial charge in [-0.05, 0) is 82.1 Å². The van der Waals surface area contributed by atoms with E-state index in [4.69, 9.17) is 0 Å². The largest absolute Gasteiger partial charge is 0.135 e. The highest BCUT2D eigenvalue weighted by Gasteiger charge is 2.31. The van der Waals surface area contributed by atoms with E-state index in [1.165, 1.54) is 99.5 Å². The normalized spacial score (nSPS) is 14.2. The molecule has 1 unspecified atom stereocenters. The average Bonchev–Trinajstić information content (AvgIpc) is 3.89. The molecular weight excluding hydrogens is 637 g/mol. The predicted molar refractivity (Wildman–Crippen MR) is 213 cm³/mol. The van der Waals surface area contributed by atoms with Gasteiger partial charge in [-0.1, -0.05) is 109 Å². The summed E-state index contributed by atoms with van der Waals surface area (Å²) in [5.41, 5.74) is 9.97. The maximum atomic E-state index is 2.48. The summed E-state index contributed by atoms with van der Waals surface area (Å²) in [4.78, 5) is 0. The lowest BCUT2D eigenvalue weighted by Gasteiger charge is -2.15. The minimum absolute atomic E-state index is 0.401. The van der Waals surface area contributed by atoms with Gasteiger partial charge in [0.25, 0.3) is 0 Å². The zero-order chi connectivity index (χ0) is 31.3. The van der Waals surface area contributed by atoms with Crippen LogP contribution < -0.4 is 0 Å². The van der Waals surface area contributed by atoms with Gasteiger partial charge in [-0.15, -0.1) is 34.0 Å². The van der Waals surface area contributed by atoms with Crippen molar-refractivity contribution < 1.29 is 0 Å². The molecule has 3 heteroatoms. The van der Waals surface area contributed by atoms with Crippen LogP contribution in [0.1, 0.15) is 29.0 Å². The van der Waals surface area contributed by atoms with Crippen molar-refractivity contribution in [2.24, 2.45) is 0 Å². The smallest absolute Gasteiger partial charge is 0.0399 e. The number of benzene rings is 7. The minimum Gasteiger partial charge on any atom is -0.135 e. The highest BCUT2D eigenvalue weighted by molar-refractivity contribution is 7.26. The Labute approximate surface area is 290 Å². The second-order valence-corrected chi connectivity index (χ2v) is 16.3. The molecule has 48 heavy (non-hydrogen) atoms. The molecule has 0 amide bonds. The summed E-state index contributed by atoms with van der Waals surface area (Å²) in [6.07, 6.45) is 2.16. The molecule has 10 aromatic rings. The molecule has 1 atom stereocenters. The van der Waals surface area contributed by atoms with Crippen molar-refractivity contribution in [3.63, 3.8) is 0 Å². The third-order valence-electron chi connectivity index (χ3n) is 10.5. The molecule has 0 fully saturated rings. The van der Waals surface area contributed by atoms with E-state index in [-0.39, 0.29) is 0 Å². The highest BCUT2D eigenvalue weighted by atomic mass is 32.1. The van der Waals surface area contributed by atoms with Crippen molar-refractivity contribution in [3.05, 3.63) is 156 Å². The van der Waals surface area contributed by atoms with E-state index in [1.807, 2.05) is 34.0 Å². The lowest BCUT2D eigenvalue weighted by Crippen LogP contribution is -1.99. The van der Waals surface area contributed by atoms with Gasteiger partial charge in [0.1, 0.15) is 0 Å². The van der Waals surface area contributed by atoms with Crippen LogP contribution in [0.3, 0.4) is 0 Å². The van der Waals surface area contributed by atoms with Gasteiger partial charge in [0.15, 0.2) is 0 Å². The maximum absolute atomic E-state index is 2.48. The molecule has 226 valence electrons. The number of fused-ring (bicyclic) bond motifs is 13. The summed E-state index contributed by atoms with van der Waals surface area (Å²) in [5, 5.41) is 8.28. The number of hydrogen-bond acceptors (Lipinski definition) is 3. The van der Waals surface area contributed by atoms with Crippen molar-refractivity contribution in [2.45, 2.75) is 18.8 Å². The van der Waals surface area contributed by atoms with Crippen LogP contribution in [0.15, 0.2) is 140 Å². The SMILES string of the molecule is c1ccc2c(c1)-c1ccc3c(sc4ccccc43)c1C2CCc1ccc2c(c1)sc1cccc(-c3cccc4sc5ccccc5c34)c12. The van der Waals surface area contributed by atoms with E-state index in [9.17, 15) is 0 Å². The Balaban J connectivity index is 1.01. The van der Waals surface area contributed by atoms with Crippen molar-refractivity contribution in [1.29, 1.82) is 0 Å². The molecule has 0 saturated carbocycles. The maximum Gasteiger partial charge on any atom is 0.0399 e. The molecule has 1 aliphatic carbocycles. The molecular formula is C45H28S3. The van der Waals surface area contributed by atoms with Gasteiger partial charge >= 0.3 is 0 Å². The molecule has 1 aliphatic rings. The lowest BCUT2D eigenvalue weighted by atomic mass is 9.89. The highest BCUT2D eigenvalue weighted by Crippen LogP contribution is 2.52. The van der Waals surface area contributed by atoms with Crippen LogP contribution in [0.5, 0.6) is 0 Å². The van der Waals surface area contributed by atoms with Gasteiger partial charge < -0.3 is 0 Å². The van der Waals surface area contributed by atoms with E-state index in [0.717, 1.165) is 12.8 Å². The fraction of sp³-hybridized carbons (Fsp3) is 0.0667. The number of thiophene rings is 3. The van der Waals surface area contributed by atoms with Crippen molar-refractivity contribution >= 4 is 94.5 Å². The Morgan fingerprint density at radius 2 is 1.02 bits per heavy atom. The zero-order valence-corrected chi connectivity index (χ0v) is 28.4. The summed E-state index contributed by atoms with van der Waals surface area (Å²) in [7, 11) is 0. The zero-order valence-electron chi connectivity index (χ0n) is 26.0. The topological polar surface area (TPSA) is 0 Å². The fourth-order valence-corrected chi connectivity index (χ4v) is 12.1. The molecule has 0 nitrogen and oxygen atoms in total. The molecule has 11 rings (SSSR count). The average molecular weight is 665 g/mol. The van der Waals surface area contributed by atoms with Crippen LogP contribution in [-0.2, 0) is 6.42 Å². The molecule has 0 N–H and O–H groups in total. The second kappa shape index (κ2) is 10.3. The molecule has 0 spiro atoms. The first kappa shape index (κ1) is 27.2. The van der Waals surface area contributed by atoms with E-state index < -0.39 is 0 Å². The van der Waals surface area contributed by atoms with Crippen LogP contribution in [0, 0.1) is 0 Å². The predicted octanol–water partition coefficient (Wildman–Crippen LogP) is 14.2. The minimum atomic E-state index is 0.401. The number of hydrogen-bond donors (Lipinski definition) is 0. The summed E-state index contributed by atoms with van der Waals surface area (Å²) in [5.74, 6) is 0.401. The van der Waals surface area contributed by atoms with Crippen molar-refractivity contribution in [1.82, 2.24) is 0 Å². The van der Waals surface area contributed by atoms with Crippen molar-refractivity contribution in [2.75, 3.05) is 0 Å². The van der Waals surface area contributed by atoms with E-state index >= 15 is 0 Å². The Morgan fingerprint density at radius 1 is 0.417 bits per heavy atom. The Bertz CT molecular complexity index is 2910. The fourth-order valence-electron chi connectivity index (χ4n) is 8.45. The second-order valence-electron chi connectivity index (χ2n) is 13.1. The first-order valence-corrected chi connectivity index (χ1v) is 19.1. The van der Waals surface area contributed by atoms with Crippen LogP contribution in [0.25, 0.3) is 82.8 Å². The van der Waals surface area contributed by atoms with Crippen LogP contribution >= 0.6 is 34.0 Å². The van der Waals surface area contributed by atoms with Gasteiger partial charge in [0.2, 0.25) is 0 Å². The molecule has 0 radical (unpaired) electrons. The van der Waals surface area contributed by atoms with Gasteiger partial charge in [-0.25, -0.2) is 0 Å². The third kappa shape index (κ3) is 3.87. The lowest BCUT2D eigenvalue weighted by molar-refractivity contribution is 0.735. The Hall–Kier alpha value is -4.80. The van der Waals surface area contributed by atoms with Crippen LogP contribution in [-0.4, -0.2) is 0 Å². The Kier molecular flexibility index (Phi) is 5.86. The van der Waals surface area contributed by atoms with Gasteiger partial charge in [0, 0.05) is 66.4 Å². The van der Waals surface area contributed by atoms with E-state index in [2.05, 4.69) is 140 Å². The Morgan fingerprint density at radius 3 is 1.83 bits per heavy atom. The van der Waals surface area contributed by atoms with E-state index in [0.29, 0.717) is 5.92 Å². The monoisotopic (exact) mass is 664 g/mol. The van der Waals surface area contributed by atoms with Gasteiger partial charge in [-0.2, -0.15) is 0 Å². The quantitative estimate of drug-likeness (QED) is 0.176. The van der Waals surface area contributed by atoms with Gasteiger partial charge in [0.05, 0.1) is 0 Å². The summed E-state index contributed by atoms with van der Waals surface area (Å²) in [6.45, 7) is 0. The van der Waals surface area contributed by atoms with Gasteiger partial charge in [-0.3, -0.25) is 0 Å². The summed E-state index contributed by atoms with van der Waals surface area (Å²) in [6, 6.07) is 52.6. The number of rotatable bonds is 4. The third-order valence-corrected chi connectivity index (χ3v) is 14.0. The molecule has 7 aromatic carbocycles. The standard InChI is InChI=1S/C45H28S3/c1-2-10-28-27(9-1)32(44-33(28)23-24-34-29-11-3-5-15-37(29)48-45(34)44)21-19-26-20-22-36-41(25-26)47-40-18-8-14-31(43(36)40)30-13-7-17-39-42(30)35-12-4-6-16-38(35)46-39/h1-18,20,22-25,32H,19,21H2.